The van der Waals surface area contributed by atoms with Gasteiger partial charge >= 0.3 is 12.1 Å². The van der Waals surface area contributed by atoms with Crippen molar-refractivity contribution in [3.8, 4) is 0 Å². The number of carbonyl (C=O) groups excluding carboxylic acids is 1. The van der Waals surface area contributed by atoms with Crippen molar-refractivity contribution in [1.29, 1.82) is 0 Å². The molecule has 11 heteroatoms. The number of halogens is 1. The van der Waals surface area contributed by atoms with E-state index >= 15 is 0 Å². The van der Waals surface area contributed by atoms with Crippen LogP contribution in [0.25, 0.3) is 5.65 Å². The van der Waals surface area contributed by atoms with Gasteiger partial charge < -0.3 is 20.5 Å². The molecule has 1 saturated carbocycles. The summed E-state index contributed by atoms with van der Waals surface area (Å²) in [5, 5.41) is 19.6. The lowest BCUT2D eigenvalue weighted by atomic mass is 9.98. The van der Waals surface area contributed by atoms with Gasteiger partial charge in [-0.15, -0.1) is 0 Å². The Morgan fingerprint density at radius 3 is 2.71 bits per heavy atom. The number of hydrogen-bond donors (Lipinski definition) is 3. The Bertz CT molecular complexity index is 1260. The SMILES string of the molecule is C[C@H](CCc1ncc(F)cc1C1(Nc2ccn3ncc(C(=O)O)c3n2)CC1)NC(=O)OC(C)(C)C. The number of rotatable bonds is 8. The summed E-state index contributed by atoms with van der Waals surface area (Å²) in [6.45, 7) is 7.28. The summed E-state index contributed by atoms with van der Waals surface area (Å²) in [6.07, 6.45) is 6.18. The summed E-state index contributed by atoms with van der Waals surface area (Å²) >= 11 is 0. The second-order valence-electron chi connectivity index (χ2n) is 9.89. The number of aryl methyl sites for hydroxylation is 1. The molecule has 1 fully saturated rings. The molecule has 0 unspecified atom stereocenters. The van der Waals surface area contributed by atoms with E-state index in [0.29, 0.717) is 18.7 Å². The molecular weight excluding hydrogens is 455 g/mol. The number of aromatic nitrogens is 4. The molecule has 1 amide bonds. The number of carbonyl (C=O) groups is 2. The van der Waals surface area contributed by atoms with Crippen LogP contribution in [0.2, 0.25) is 0 Å². The number of carboxylic acid groups (broad SMARTS) is 1. The first kappa shape index (κ1) is 24.4. The van der Waals surface area contributed by atoms with Gasteiger partial charge in [0.2, 0.25) is 0 Å². The lowest BCUT2D eigenvalue weighted by molar-refractivity contribution is 0.0505. The van der Waals surface area contributed by atoms with Gasteiger partial charge in [0.1, 0.15) is 22.8 Å². The third-order valence-corrected chi connectivity index (χ3v) is 5.75. The number of fused-ring (bicyclic) bond motifs is 1. The summed E-state index contributed by atoms with van der Waals surface area (Å²) in [7, 11) is 0. The standard InChI is InChI=1S/C24H29FN6O4/c1-14(28-22(34)35-23(2,3)4)5-6-18-17(11-15(25)12-26-18)24(8-9-24)30-19-7-10-31-20(29-19)16(13-27-31)21(32)33/h7,10-14H,5-6,8-9H2,1-4H3,(H,28,34)(H,29,30)(H,32,33)/t14-/m1/s1. The minimum atomic E-state index is -1.11. The lowest BCUT2D eigenvalue weighted by Gasteiger charge is -2.23. The van der Waals surface area contributed by atoms with Crippen molar-refractivity contribution in [2.45, 2.75) is 70.6 Å². The summed E-state index contributed by atoms with van der Waals surface area (Å²) in [5.41, 5.74) is 0.539. The van der Waals surface area contributed by atoms with Gasteiger partial charge in [0, 0.05) is 23.5 Å². The van der Waals surface area contributed by atoms with Crippen molar-refractivity contribution < 1.29 is 23.8 Å². The molecule has 0 bridgehead atoms. The fraction of sp³-hybridized carbons (Fsp3) is 0.458. The molecule has 0 radical (unpaired) electrons. The van der Waals surface area contributed by atoms with Gasteiger partial charge in [-0.25, -0.2) is 23.5 Å². The Balaban J connectivity index is 1.50. The number of pyridine rings is 1. The number of ether oxygens (including phenoxy) is 1. The van der Waals surface area contributed by atoms with Gasteiger partial charge in [0.05, 0.1) is 17.9 Å². The fourth-order valence-corrected chi connectivity index (χ4v) is 3.94. The molecule has 35 heavy (non-hydrogen) atoms. The first-order valence-electron chi connectivity index (χ1n) is 11.5. The van der Waals surface area contributed by atoms with Crippen molar-refractivity contribution in [2.75, 3.05) is 5.32 Å². The van der Waals surface area contributed by atoms with Crippen molar-refractivity contribution in [3.05, 3.63) is 53.4 Å². The Hall–Kier alpha value is -3.76. The molecule has 1 aliphatic carbocycles. The summed E-state index contributed by atoms with van der Waals surface area (Å²) < 4.78 is 20.9. The Kier molecular flexibility index (Phi) is 6.35. The second kappa shape index (κ2) is 9.12. The van der Waals surface area contributed by atoms with Crippen LogP contribution in [0.3, 0.4) is 0 Å². The van der Waals surface area contributed by atoms with Crippen LogP contribution in [0, 0.1) is 5.82 Å². The maximum Gasteiger partial charge on any atom is 0.407 e. The minimum Gasteiger partial charge on any atom is -0.477 e. The summed E-state index contributed by atoms with van der Waals surface area (Å²) in [5.74, 6) is -1.09. The average molecular weight is 485 g/mol. The van der Waals surface area contributed by atoms with Crippen LogP contribution in [0.4, 0.5) is 15.0 Å². The van der Waals surface area contributed by atoms with Crippen molar-refractivity contribution >= 4 is 23.5 Å². The van der Waals surface area contributed by atoms with Crippen molar-refractivity contribution in [3.63, 3.8) is 0 Å². The van der Waals surface area contributed by atoms with Crippen LogP contribution >= 0.6 is 0 Å². The Morgan fingerprint density at radius 1 is 1.31 bits per heavy atom. The zero-order chi connectivity index (χ0) is 25.4. The molecule has 10 nitrogen and oxygen atoms in total. The van der Waals surface area contributed by atoms with Crippen LogP contribution in [-0.4, -0.2) is 48.4 Å². The van der Waals surface area contributed by atoms with Crippen LogP contribution in [0.1, 0.15) is 68.6 Å². The molecule has 0 aromatic carbocycles. The van der Waals surface area contributed by atoms with Crippen LogP contribution in [0.5, 0.6) is 0 Å². The van der Waals surface area contributed by atoms with E-state index < -0.39 is 29.0 Å². The number of carboxylic acids is 1. The Morgan fingerprint density at radius 2 is 2.06 bits per heavy atom. The normalized spacial score (nSPS) is 15.5. The van der Waals surface area contributed by atoms with Crippen LogP contribution in [0.15, 0.2) is 30.7 Å². The number of amides is 1. The smallest absolute Gasteiger partial charge is 0.407 e. The molecular formula is C24H29FN6O4. The van der Waals surface area contributed by atoms with E-state index in [9.17, 15) is 19.1 Å². The quantitative estimate of drug-likeness (QED) is 0.439. The van der Waals surface area contributed by atoms with Crippen molar-refractivity contribution in [1.82, 2.24) is 24.9 Å². The second-order valence-corrected chi connectivity index (χ2v) is 9.89. The van der Waals surface area contributed by atoms with Crippen LogP contribution in [-0.2, 0) is 16.7 Å². The van der Waals surface area contributed by atoms with Crippen LogP contribution < -0.4 is 10.6 Å². The third kappa shape index (κ3) is 5.67. The molecule has 0 saturated heterocycles. The van der Waals surface area contributed by atoms with E-state index in [1.807, 2.05) is 6.92 Å². The van der Waals surface area contributed by atoms with Gasteiger partial charge in [0.25, 0.3) is 0 Å². The maximum atomic E-state index is 14.2. The highest BCUT2D eigenvalue weighted by molar-refractivity contribution is 5.94. The van der Waals surface area contributed by atoms with Gasteiger partial charge in [-0.2, -0.15) is 5.10 Å². The number of hydrogen-bond acceptors (Lipinski definition) is 7. The molecule has 0 spiro atoms. The van der Waals surface area contributed by atoms with E-state index in [1.165, 1.54) is 23.0 Å². The molecule has 0 aliphatic heterocycles. The van der Waals surface area contributed by atoms with Gasteiger partial charge in [-0.1, -0.05) is 0 Å². The Labute approximate surface area is 201 Å². The van der Waals surface area contributed by atoms with Gasteiger partial charge in [-0.3, -0.25) is 4.98 Å². The molecule has 3 aromatic heterocycles. The predicted octanol–water partition coefficient (Wildman–Crippen LogP) is 3.91. The number of alkyl carbamates (subject to hydrolysis) is 1. The summed E-state index contributed by atoms with van der Waals surface area (Å²) in [4.78, 5) is 32.3. The van der Waals surface area contributed by atoms with E-state index in [0.717, 1.165) is 24.1 Å². The first-order chi connectivity index (χ1) is 16.5. The van der Waals surface area contributed by atoms with Gasteiger partial charge in [-0.05, 0) is 65.5 Å². The fourth-order valence-electron chi connectivity index (χ4n) is 3.94. The number of anilines is 1. The number of nitrogens with zero attached hydrogens (tertiary/aromatic N) is 4. The highest BCUT2D eigenvalue weighted by Gasteiger charge is 2.46. The molecule has 186 valence electrons. The van der Waals surface area contributed by atoms with E-state index in [4.69, 9.17) is 4.74 Å². The molecule has 3 aromatic rings. The van der Waals surface area contributed by atoms with Gasteiger partial charge in [0.15, 0.2) is 5.65 Å². The summed E-state index contributed by atoms with van der Waals surface area (Å²) in [6, 6.07) is 3.01. The molecule has 3 N–H and O–H groups in total. The molecule has 1 aliphatic rings. The van der Waals surface area contributed by atoms with E-state index in [2.05, 4.69) is 25.7 Å². The zero-order valence-corrected chi connectivity index (χ0v) is 20.1. The average Bonchev–Trinajstić information content (AvgIpc) is 3.40. The number of aromatic carboxylic acids is 1. The third-order valence-electron chi connectivity index (χ3n) is 5.75. The highest BCUT2D eigenvalue weighted by atomic mass is 19.1. The maximum absolute atomic E-state index is 14.2. The molecule has 1 atom stereocenters. The zero-order valence-electron chi connectivity index (χ0n) is 20.1. The minimum absolute atomic E-state index is 0.00177. The van der Waals surface area contributed by atoms with E-state index in [1.54, 1.807) is 33.0 Å². The number of nitrogens with one attached hydrogen (secondary N) is 2. The molecule has 3 heterocycles. The highest BCUT2D eigenvalue weighted by Crippen LogP contribution is 2.49. The largest absolute Gasteiger partial charge is 0.477 e. The topological polar surface area (TPSA) is 131 Å². The van der Waals surface area contributed by atoms with E-state index in [-0.39, 0.29) is 17.3 Å². The molecule has 4 rings (SSSR count). The first-order valence-corrected chi connectivity index (χ1v) is 11.5. The van der Waals surface area contributed by atoms with Crippen molar-refractivity contribution in [2.24, 2.45) is 0 Å². The predicted molar refractivity (Wildman–Crippen MR) is 126 cm³/mol. The lowest BCUT2D eigenvalue weighted by Crippen LogP contribution is -2.38. The monoisotopic (exact) mass is 484 g/mol.